The van der Waals surface area contributed by atoms with Crippen LogP contribution >= 0.6 is 0 Å². The Kier molecular flexibility index (Phi) is 7.76. The van der Waals surface area contributed by atoms with Crippen LogP contribution in [0.25, 0.3) is 0 Å². The highest BCUT2D eigenvalue weighted by atomic mass is 32.2. The molecule has 1 aromatic rings. The Bertz CT molecular complexity index is 826. The molecule has 1 saturated heterocycles. The number of nitrogens with one attached hydrogen (secondary N) is 2. The van der Waals surface area contributed by atoms with Crippen LogP contribution in [0.4, 0.5) is 0 Å². The van der Waals surface area contributed by atoms with Crippen molar-refractivity contribution in [3.05, 3.63) is 29.8 Å². The molecular weight excluding hydrogens is 398 g/mol. The van der Waals surface area contributed by atoms with Gasteiger partial charge < -0.3 is 15.5 Å². The average molecular weight is 436 g/mol. The van der Waals surface area contributed by atoms with Crippen LogP contribution in [0.5, 0.6) is 0 Å². The molecule has 1 aliphatic heterocycles. The first kappa shape index (κ1) is 23.0. The summed E-state index contributed by atoms with van der Waals surface area (Å²) in [5.74, 6) is 0.724. The van der Waals surface area contributed by atoms with Gasteiger partial charge in [-0.2, -0.15) is 4.31 Å². The first-order valence-corrected chi connectivity index (χ1v) is 12.6. The second kappa shape index (κ2) is 10.1. The molecule has 168 valence electrons. The molecule has 0 bridgehead atoms. The lowest BCUT2D eigenvalue weighted by Crippen LogP contribution is -2.47. The Hall–Kier alpha value is -1.64. The molecule has 2 fully saturated rings. The molecular formula is C22H37N5O2S. The highest BCUT2D eigenvalue weighted by Crippen LogP contribution is 2.40. The summed E-state index contributed by atoms with van der Waals surface area (Å²) in [5, 5.41) is 6.79. The molecule has 0 unspecified atom stereocenters. The van der Waals surface area contributed by atoms with Crippen LogP contribution < -0.4 is 10.6 Å². The monoisotopic (exact) mass is 435 g/mol. The molecule has 0 radical (unpaired) electrons. The third-order valence-electron chi connectivity index (χ3n) is 6.77. The molecule has 3 rings (SSSR count). The van der Waals surface area contributed by atoms with Gasteiger partial charge in [-0.3, -0.25) is 4.99 Å². The lowest BCUT2D eigenvalue weighted by atomic mass is 9.83. The smallest absolute Gasteiger partial charge is 0.243 e. The van der Waals surface area contributed by atoms with Gasteiger partial charge in [-0.15, -0.1) is 0 Å². The predicted octanol–water partition coefficient (Wildman–Crippen LogP) is 2.26. The number of aliphatic imine (C=N–C) groups is 1. The van der Waals surface area contributed by atoms with E-state index in [2.05, 4.69) is 27.4 Å². The van der Waals surface area contributed by atoms with Crippen LogP contribution in [0.15, 0.2) is 34.2 Å². The highest BCUT2D eigenvalue weighted by molar-refractivity contribution is 7.89. The molecule has 0 amide bonds. The highest BCUT2D eigenvalue weighted by Gasteiger charge is 2.32. The summed E-state index contributed by atoms with van der Waals surface area (Å²) >= 11 is 0. The van der Waals surface area contributed by atoms with Crippen molar-refractivity contribution in [1.82, 2.24) is 19.8 Å². The van der Waals surface area contributed by atoms with Crippen LogP contribution in [0.2, 0.25) is 0 Å². The topological polar surface area (TPSA) is 77.0 Å². The standard InChI is InChI=1S/C22H37N5O2S/c1-4-22(11-7-8-12-22)18-25-21(23-2)24-17-19-9-5-6-10-20(19)30(28,29)27-15-13-26(3)14-16-27/h5-6,9-10H,4,7-8,11-18H2,1-3H3,(H2,23,24,25). The second-order valence-corrected chi connectivity index (χ2v) is 10.6. The minimum atomic E-state index is -3.50. The van der Waals surface area contributed by atoms with Gasteiger partial charge >= 0.3 is 0 Å². The van der Waals surface area contributed by atoms with Gasteiger partial charge in [-0.25, -0.2) is 8.42 Å². The second-order valence-electron chi connectivity index (χ2n) is 8.66. The van der Waals surface area contributed by atoms with Crippen LogP contribution in [-0.4, -0.2) is 70.4 Å². The molecule has 8 heteroatoms. The normalized spacial score (nSPS) is 21.0. The Morgan fingerprint density at radius 3 is 2.40 bits per heavy atom. The van der Waals surface area contributed by atoms with Gasteiger partial charge in [0.25, 0.3) is 0 Å². The maximum atomic E-state index is 13.2. The third-order valence-corrected chi connectivity index (χ3v) is 8.77. The maximum Gasteiger partial charge on any atom is 0.243 e. The number of piperazine rings is 1. The quantitative estimate of drug-likeness (QED) is 0.507. The van der Waals surface area contributed by atoms with Crippen LogP contribution in [0.3, 0.4) is 0 Å². The summed E-state index contributed by atoms with van der Waals surface area (Å²) < 4.78 is 28.1. The Labute approximate surface area is 182 Å². The number of guanidine groups is 1. The summed E-state index contributed by atoms with van der Waals surface area (Å²) in [6, 6.07) is 7.28. The number of sulfonamides is 1. The lowest BCUT2D eigenvalue weighted by Gasteiger charge is -2.32. The molecule has 0 atom stereocenters. The van der Waals surface area contributed by atoms with Crippen molar-refractivity contribution in [1.29, 1.82) is 0 Å². The summed E-state index contributed by atoms with van der Waals surface area (Å²) in [6.45, 7) is 6.17. The predicted molar refractivity (Wildman–Crippen MR) is 122 cm³/mol. The van der Waals surface area contributed by atoms with Gasteiger partial charge in [0.2, 0.25) is 10.0 Å². The van der Waals surface area contributed by atoms with Crippen molar-refractivity contribution < 1.29 is 8.42 Å². The van der Waals surface area contributed by atoms with Gasteiger partial charge in [-0.1, -0.05) is 38.0 Å². The number of likely N-dealkylation sites (N-methyl/N-ethyl adjacent to an activating group) is 1. The molecule has 7 nitrogen and oxygen atoms in total. The van der Waals surface area contributed by atoms with Crippen LogP contribution in [-0.2, 0) is 16.6 Å². The van der Waals surface area contributed by atoms with Crippen molar-refractivity contribution >= 4 is 16.0 Å². The molecule has 30 heavy (non-hydrogen) atoms. The molecule has 2 aliphatic rings. The van der Waals surface area contributed by atoms with E-state index in [-0.39, 0.29) is 0 Å². The van der Waals surface area contributed by atoms with Gasteiger partial charge in [-0.05, 0) is 43.4 Å². The average Bonchev–Trinajstić information content (AvgIpc) is 3.24. The molecule has 1 aromatic carbocycles. The Morgan fingerprint density at radius 1 is 1.10 bits per heavy atom. The molecule has 1 heterocycles. The number of benzene rings is 1. The van der Waals surface area contributed by atoms with Crippen LogP contribution in [0, 0.1) is 5.41 Å². The SMILES string of the molecule is CCC1(CNC(=NC)NCc2ccccc2S(=O)(=O)N2CCN(C)CC2)CCCC1. The third kappa shape index (κ3) is 5.34. The largest absolute Gasteiger partial charge is 0.356 e. The van der Waals surface area contributed by atoms with E-state index in [1.165, 1.54) is 32.1 Å². The first-order valence-electron chi connectivity index (χ1n) is 11.1. The van der Waals surface area contributed by atoms with E-state index in [4.69, 9.17) is 0 Å². The lowest BCUT2D eigenvalue weighted by molar-refractivity contribution is 0.222. The number of rotatable bonds is 7. The summed E-state index contributed by atoms with van der Waals surface area (Å²) in [6.07, 6.45) is 6.31. The zero-order valence-electron chi connectivity index (χ0n) is 18.7. The van der Waals surface area contributed by atoms with Crippen molar-refractivity contribution in [2.75, 3.05) is 46.8 Å². The Morgan fingerprint density at radius 2 is 1.77 bits per heavy atom. The van der Waals surface area contributed by atoms with E-state index >= 15 is 0 Å². The van der Waals surface area contributed by atoms with E-state index in [9.17, 15) is 8.42 Å². The minimum absolute atomic E-state index is 0.361. The van der Waals surface area contributed by atoms with Gasteiger partial charge in [0, 0.05) is 46.3 Å². The first-order chi connectivity index (χ1) is 14.4. The number of hydrogen-bond donors (Lipinski definition) is 2. The summed E-state index contributed by atoms with van der Waals surface area (Å²) in [4.78, 5) is 6.89. The zero-order valence-corrected chi connectivity index (χ0v) is 19.5. The number of nitrogens with zero attached hydrogens (tertiary/aromatic N) is 3. The number of hydrogen-bond acceptors (Lipinski definition) is 4. The molecule has 0 aromatic heterocycles. The maximum absolute atomic E-state index is 13.2. The van der Waals surface area contributed by atoms with E-state index in [0.717, 1.165) is 31.2 Å². The summed E-state index contributed by atoms with van der Waals surface area (Å²) in [7, 11) is 0.278. The minimum Gasteiger partial charge on any atom is -0.356 e. The zero-order chi connectivity index (χ0) is 21.6. The van der Waals surface area contributed by atoms with E-state index in [1.54, 1.807) is 23.5 Å². The van der Waals surface area contributed by atoms with Crippen molar-refractivity contribution in [3.63, 3.8) is 0 Å². The van der Waals surface area contributed by atoms with Gasteiger partial charge in [0.1, 0.15) is 0 Å². The van der Waals surface area contributed by atoms with Crippen molar-refractivity contribution in [3.8, 4) is 0 Å². The van der Waals surface area contributed by atoms with Gasteiger partial charge in [0.05, 0.1) is 4.90 Å². The Balaban J connectivity index is 1.65. The fourth-order valence-corrected chi connectivity index (χ4v) is 6.16. The summed E-state index contributed by atoms with van der Waals surface area (Å²) in [5.41, 5.74) is 1.13. The van der Waals surface area contributed by atoms with Crippen LogP contribution in [0.1, 0.15) is 44.6 Å². The molecule has 0 spiro atoms. The van der Waals surface area contributed by atoms with Crippen molar-refractivity contribution in [2.24, 2.45) is 10.4 Å². The molecule has 1 saturated carbocycles. The van der Waals surface area contributed by atoms with Crippen molar-refractivity contribution in [2.45, 2.75) is 50.5 Å². The fourth-order valence-electron chi connectivity index (χ4n) is 4.52. The van der Waals surface area contributed by atoms with E-state index in [0.29, 0.717) is 29.9 Å². The van der Waals surface area contributed by atoms with E-state index in [1.807, 2.05) is 19.2 Å². The van der Waals surface area contributed by atoms with E-state index < -0.39 is 10.0 Å². The molecule has 2 N–H and O–H groups in total. The van der Waals surface area contributed by atoms with Gasteiger partial charge in [0.15, 0.2) is 5.96 Å². The molecule has 1 aliphatic carbocycles. The fraction of sp³-hybridized carbons (Fsp3) is 0.682.